The molecule has 0 unspecified atom stereocenters. The van der Waals surface area contributed by atoms with E-state index in [4.69, 9.17) is 0 Å². The van der Waals surface area contributed by atoms with Crippen molar-refractivity contribution in [3.8, 4) is 0 Å². The first-order valence-corrected chi connectivity index (χ1v) is 8.85. The molecule has 1 aliphatic rings. The quantitative estimate of drug-likeness (QED) is 0.266. The third-order valence-electron chi connectivity index (χ3n) is 3.28. The number of rotatable bonds is 7. The van der Waals surface area contributed by atoms with Crippen LogP contribution in [0.2, 0.25) is 0 Å². The number of nitrogens with one attached hydrogen (secondary N) is 2. The Morgan fingerprint density at radius 2 is 1.84 bits per heavy atom. The summed E-state index contributed by atoms with van der Waals surface area (Å²) in [6.07, 6.45) is 0.965. The number of non-ortho nitro benzene ring substituents is 1. The number of carbonyl (C=O) groups excluding carboxylic acids is 3. The molecule has 1 aliphatic heterocycles. The van der Waals surface area contributed by atoms with Gasteiger partial charge in [-0.2, -0.15) is 0 Å². The molecule has 2 rings (SSSR count). The van der Waals surface area contributed by atoms with Crippen LogP contribution in [0.5, 0.6) is 0 Å². The number of fused-ring (bicyclic) bond motifs is 1. The topological polar surface area (TPSA) is 156 Å². The number of hydrogen-bond acceptors (Lipinski definition) is 7. The maximum absolute atomic E-state index is 12.2. The van der Waals surface area contributed by atoms with Gasteiger partial charge < -0.3 is 5.32 Å². The Balaban J connectivity index is 1.99. The fraction of sp³-hybridized carbons (Fsp3) is 0.308. The van der Waals surface area contributed by atoms with Crippen LogP contribution in [-0.4, -0.2) is 61.9 Å². The van der Waals surface area contributed by atoms with Crippen LogP contribution < -0.4 is 10.0 Å². The largest absolute Gasteiger partial charge is 0.353 e. The van der Waals surface area contributed by atoms with Crippen molar-refractivity contribution in [3.05, 3.63) is 39.4 Å². The number of benzene rings is 1. The molecule has 0 spiro atoms. The highest BCUT2D eigenvalue weighted by Gasteiger charge is 2.37. The second-order valence-corrected chi connectivity index (χ2v) is 7.03. The normalized spacial score (nSPS) is 13.7. The van der Waals surface area contributed by atoms with Crippen LogP contribution in [0.1, 0.15) is 20.7 Å². The maximum atomic E-state index is 12.2. The summed E-state index contributed by atoms with van der Waals surface area (Å²) in [6.45, 7) is -0.640. The maximum Gasteiger partial charge on any atom is 0.270 e. The van der Waals surface area contributed by atoms with Crippen molar-refractivity contribution in [3.63, 3.8) is 0 Å². The highest BCUT2D eigenvalue weighted by atomic mass is 32.2. The van der Waals surface area contributed by atoms with Crippen molar-refractivity contribution in [2.45, 2.75) is 0 Å². The summed E-state index contributed by atoms with van der Waals surface area (Å²) < 4.78 is 23.9. The first kappa shape index (κ1) is 18.5. The molecule has 3 amide bonds. The zero-order valence-corrected chi connectivity index (χ0v) is 13.8. The number of nitro groups is 1. The monoisotopic (exact) mass is 370 g/mol. The Bertz CT molecular complexity index is 865. The minimum Gasteiger partial charge on any atom is -0.353 e. The van der Waals surface area contributed by atoms with Crippen LogP contribution in [0.15, 0.2) is 18.2 Å². The lowest BCUT2D eigenvalue weighted by atomic mass is 10.1. The van der Waals surface area contributed by atoms with Gasteiger partial charge in [-0.3, -0.25) is 29.4 Å². The van der Waals surface area contributed by atoms with Crippen LogP contribution in [0.4, 0.5) is 5.69 Å². The van der Waals surface area contributed by atoms with Gasteiger partial charge >= 0.3 is 0 Å². The van der Waals surface area contributed by atoms with Gasteiger partial charge in [0.05, 0.1) is 22.3 Å². The SMILES string of the molecule is CS(=O)(=O)NCCNC(=O)CN1C(=O)c2ccc([N+](=O)[O-])cc2C1=O. The lowest BCUT2D eigenvalue weighted by molar-refractivity contribution is -0.384. The van der Waals surface area contributed by atoms with Gasteiger partial charge in [0.25, 0.3) is 17.5 Å². The summed E-state index contributed by atoms with van der Waals surface area (Å²) >= 11 is 0. The average Bonchev–Trinajstić information content (AvgIpc) is 2.75. The van der Waals surface area contributed by atoms with Crippen LogP contribution in [0.25, 0.3) is 0 Å². The van der Waals surface area contributed by atoms with Crippen molar-refractivity contribution in [1.82, 2.24) is 14.9 Å². The molecule has 0 aliphatic carbocycles. The van der Waals surface area contributed by atoms with Crippen LogP contribution in [-0.2, 0) is 14.8 Å². The van der Waals surface area contributed by atoms with E-state index in [0.717, 1.165) is 18.4 Å². The molecule has 11 nitrogen and oxygen atoms in total. The van der Waals surface area contributed by atoms with Gasteiger partial charge in [-0.25, -0.2) is 13.1 Å². The number of nitrogens with zero attached hydrogens (tertiary/aromatic N) is 2. The molecule has 1 aromatic carbocycles. The second-order valence-electron chi connectivity index (χ2n) is 5.20. The van der Waals surface area contributed by atoms with E-state index < -0.39 is 39.2 Å². The first-order chi connectivity index (χ1) is 11.6. The van der Waals surface area contributed by atoms with Gasteiger partial charge in [0.1, 0.15) is 6.54 Å². The Labute approximate surface area is 142 Å². The Hall–Kier alpha value is -2.86. The van der Waals surface area contributed by atoms with E-state index in [9.17, 15) is 32.9 Å². The average molecular weight is 370 g/mol. The molecule has 0 aromatic heterocycles. The predicted octanol–water partition coefficient (Wildman–Crippen LogP) is -1.14. The number of carbonyl (C=O) groups is 3. The van der Waals surface area contributed by atoms with E-state index in [2.05, 4.69) is 10.0 Å². The fourth-order valence-corrected chi connectivity index (χ4v) is 2.65. The van der Waals surface area contributed by atoms with Crippen molar-refractivity contribution < 1.29 is 27.7 Å². The van der Waals surface area contributed by atoms with E-state index in [0.29, 0.717) is 4.90 Å². The lowest BCUT2D eigenvalue weighted by Gasteiger charge is -2.13. The molecule has 1 aromatic rings. The zero-order valence-electron chi connectivity index (χ0n) is 13.0. The van der Waals surface area contributed by atoms with E-state index in [1.54, 1.807) is 0 Å². The summed E-state index contributed by atoms with van der Waals surface area (Å²) in [5, 5.41) is 13.1. The summed E-state index contributed by atoms with van der Waals surface area (Å²) in [6, 6.07) is 3.26. The van der Waals surface area contributed by atoms with Gasteiger partial charge in [-0.1, -0.05) is 0 Å². The van der Waals surface area contributed by atoms with Gasteiger partial charge in [0.15, 0.2) is 0 Å². The third-order valence-corrected chi connectivity index (χ3v) is 4.01. The molecule has 0 radical (unpaired) electrons. The van der Waals surface area contributed by atoms with Gasteiger partial charge in [-0.15, -0.1) is 0 Å². The molecule has 0 bridgehead atoms. The minimum absolute atomic E-state index is 0.0119. The van der Waals surface area contributed by atoms with Crippen molar-refractivity contribution in [2.75, 3.05) is 25.9 Å². The van der Waals surface area contributed by atoms with E-state index in [1.165, 1.54) is 6.07 Å². The highest BCUT2D eigenvalue weighted by molar-refractivity contribution is 7.88. The van der Waals surface area contributed by atoms with E-state index in [-0.39, 0.29) is 29.9 Å². The number of imide groups is 1. The van der Waals surface area contributed by atoms with Crippen LogP contribution in [0, 0.1) is 10.1 Å². The Morgan fingerprint density at radius 3 is 2.44 bits per heavy atom. The smallest absolute Gasteiger partial charge is 0.270 e. The number of amides is 3. The van der Waals surface area contributed by atoms with E-state index >= 15 is 0 Å². The van der Waals surface area contributed by atoms with E-state index in [1.807, 2.05) is 0 Å². The molecular formula is C13H14N4O7S. The molecular weight excluding hydrogens is 356 g/mol. The molecule has 134 valence electrons. The first-order valence-electron chi connectivity index (χ1n) is 6.96. The summed E-state index contributed by atoms with van der Waals surface area (Å²) in [5.41, 5.74) is -0.481. The Kier molecular flexibility index (Phi) is 5.13. The molecule has 0 saturated heterocycles. The van der Waals surface area contributed by atoms with Crippen LogP contribution >= 0.6 is 0 Å². The highest BCUT2D eigenvalue weighted by Crippen LogP contribution is 2.26. The standard InChI is InChI=1S/C13H14N4O7S/c1-25(23,24)15-5-4-14-11(18)7-16-12(19)9-3-2-8(17(21)22)6-10(9)13(16)20/h2-3,6,15H,4-5,7H2,1H3,(H,14,18). The van der Waals surface area contributed by atoms with Crippen molar-refractivity contribution in [1.29, 1.82) is 0 Å². The minimum atomic E-state index is -3.38. The number of nitro benzene ring substituents is 1. The van der Waals surface area contributed by atoms with Gasteiger partial charge in [-0.05, 0) is 6.07 Å². The van der Waals surface area contributed by atoms with Crippen molar-refractivity contribution in [2.24, 2.45) is 0 Å². The summed E-state index contributed by atoms with van der Waals surface area (Å²) in [5.74, 6) is -2.19. The Morgan fingerprint density at radius 1 is 1.20 bits per heavy atom. The summed E-state index contributed by atoms with van der Waals surface area (Å²) in [4.78, 5) is 46.9. The third kappa shape index (κ3) is 4.36. The molecule has 1 heterocycles. The second kappa shape index (κ2) is 6.94. The molecule has 2 N–H and O–H groups in total. The van der Waals surface area contributed by atoms with Gasteiger partial charge in [0.2, 0.25) is 15.9 Å². The molecule has 25 heavy (non-hydrogen) atoms. The number of sulfonamides is 1. The fourth-order valence-electron chi connectivity index (χ4n) is 2.17. The predicted molar refractivity (Wildman–Crippen MR) is 84.3 cm³/mol. The van der Waals surface area contributed by atoms with Crippen molar-refractivity contribution >= 4 is 33.4 Å². The molecule has 0 fully saturated rings. The molecule has 0 atom stereocenters. The van der Waals surface area contributed by atoms with Crippen LogP contribution in [0.3, 0.4) is 0 Å². The molecule has 0 saturated carbocycles. The zero-order chi connectivity index (χ0) is 18.8. The summed E-state index contributed by atoms with van der Waals surface area (Å²) in [7, 11) is -3.38. The van der Waals surface area contributed by atoms with Gasteiger partial charge in [0, 0.05) is 25.2 Å². The molecule has 12 heteroatoms. The lowest BCUT2D eigenvalue weighted by Crippen LogP contribution is -2.42. The number of hydrogen-bond donors (Lipinski definition) is 2.